The highest BCUT2D eigenvalue weighted by Crippen LogP contribution is 1.98. The van der Waals surface area contributed by atoms with E-state index in [1.54, 1.807) is 0 Å². The Morgan fingerprint density at radius 3 is 3.00 bits per heavy atom. The fourth-order valence-electron chi connectivity index (χ4n) is 0.688. The highest BCUT2D eigenvalue weighted by Gasteiger charge is 2.16. The molecule has 0 spiro atoms. The van der Waals surface area contributed by atoms with Crippen LogP contribution in [0, 0.1) is 17.8 Å². The first kappa shape index (κ1) is 5.54. The first-order valence-electron chi connectivity index (χ1n) is 2.53. The van der Waals surface area contributed by atoms with E-state index in [2.05, 4.69) is 11.5 Å². The van der Waals surface area contributed by atoms with Crippen LogP contribution >= 0.6 is 0 Å². The molecule has 3 nitrogen and oxygen atoms in total. The third-order valence-corrected chi connectivity index (χ3v) is 1.11. The molecule has 3 heteroatoms. The molecule has 0 aromatic rings. The van der Waals surface area contributed by atoms with Crippen LogP contribution in [0.1, 0.15) is 0 Å². The van der Waals surface area contributed by atoms with Crippen molar-refractivity contribution in [2.24, 2.45) is 0 Å². The predicted molar refractivity (Wildman–Crippen MR) is 29.5 cm³/mol. The molecule has 0 amide bonds. The van der Waals surface area contributed by atoms with Gasteiger partial charge >= 0.3 is 0 Å². The molecule has 0 bridgehead atoms. The van der Waals surface area contributed by atoms with E-state index in [1.807, 2.05) is 18.5 Å². The molecule has 1 atom stereocenters. The van der Waals surface area contributed by atoms with Gasteiger partial charge in [0.1, 0.15) is 6.04 Å². The van der Waals surface area contributed by atoms with Gasteiger partial charge in [0, 0.05) is 20.0 Å². The fourth-order valence-corrected chi connectivity index (χ4v) is 0.688. The zero-order valence-corrected chi connectivity index (χ0v) is 4.76. The third-order valence-electron chi connectivity index (χ3n) is 1.11. The zero-order valence-electron chi connectivity index (χ0n) is 4.76. The highest BCUT2D eigenvalue weighted by atomic mass is 15.5. The van der Waals surface area contributed by atoms with Gasteiger partial charge in [0.05, 0.1) is 6.07 Å². The summed E-state index contributed by atoms with van der Waals surface area (Å²) in [6, 6.07) is 2.02. The van der Waals surface area contributed by atoms with Crippen LogP contribution in [-0.4, -0.2) is 24.6 Å². The fraction of sp³-hybridized carbons (Fsp3) is 0.600. The second-order valence-electron chi connectivity index (χ2n) is 1.85. The molecule has 0 aliphatic carbocycles. The first-order valence-corrected chi connectivity index (χ1v) is 2.53. The maximum absolute atomic E-state index is 8.31. The van der Waals surface area contributed by atoms with Crippen LogP contribution in [0.5, 0.6) is 0 Å². The molecule has 1 rings (SSSR count). The number of nitriles is 1. The SMILES string of the molecule is CN1C[CH]C(C#N)N1. The monoisotopic (exact) mass is 110 g/mol. The summed E-state index contributed by atoms with van der Waals surface area (Å²) in [4.78, 5) is 0. The van der Waals surface area contributed by atoms with Crippen LogP contribution in [-0.2, 0) is 0 Å². The van der Waals surface area contributed by atoms with Gasteiger partial charge in [-0.3, -0.25) is 0 Å². The van der Waals surface area contributed by atoms with E-state index in [9.17, 15) is 0 Å². The molecule has 8 heavy (non-hydrogen) atoms. The Balaban J connectivity index is 2.35. The molecule has 1 aliphatic rings. The Labute approximate surface area is 48.9 Å². The van der Waals surface area contributed by atoms with Crippen LogP contribution in [0.15, 0.2) is 0 Å². The summed E-state index contributed by atoms with van der Waals surface area (Å²) in [7, 11) is 1.91. The Bertz CT molecular complexity index is 115. The summed E-state index contributed by atoms with van der Waals surface area (Å²) in [5, 5.41) is 10.2. The molecule has 43 valence electrons. The summed E-state index contributed by atoms with van der Waals surface area (Å²) in [5.74, 6) is 0. The Morgan fingerprint density at radius 1 is 2.00 bits per heavy atom. The van der Waals surface area contributed by atoms with Crippen LogP contribution in [0.25, 0.3) is 0 Å². The van der Waals surface area contributed by atoms with E-state index in [-0.39, 0.29) is 6.04 Å². The van der Waals surface area contributed by atoms with Crippen LogP contribution in [0.4, 0.5) is 0 Å². The van der Waals surface area contributed by atoms with Crippen molar-refractivity contribution in [1.82, 2.24) is 10.4 Å². The van der Waals surface area contributed by atoms with Crippen molar-refractivity contribution in [3.05, 3.63) is 6.42 Å². The molecule has 1 heterocycles. The largest absolute Gasteiger partial charge is 0.246 e. The molecule has 1 N–H and O–H groups in total. The Hall–Kier alpha value is -0.590. The predicted octanol–water partition coefficient (Wildman–Crippen LogP) is -0.467. The summed E-state index contributed by atoms with van der Waals surface area (Å²) < 4.78 is 0. The lowest BCUT2D eigenvalue weighted by Gasteiger charge is -2.05. The van der Waals surface area contributed by atoms with Gasteiger partial charge in [0.25, 0.3) is 0 Å². The van der Waals surface area contributed by atoms with Crippen molar-refractivity contribution >= 4 is 0 Å². The molecule has 0 aromatic heterocycles. The van der Waals surface area contributed by atoms with Gasteiger partial charge in [-0.15, -0.1) is 0 Å². The quantitative estimate of drug-likeness (QED) is 0.458. The molecule has 1 saturated heterocycles. The van der Waals surface area contributed by atoms with E-state index >= 15 is 0 Å². The van der Waals surface area contributed by atoms with E-state index < -0.39 is 0 Å². The summed E-state index contributed by atoms with van der Waals surface area (Å²) in [6.45, 7) is 0.859. The van der Waals surface area contributed by atoms with Crippen molar-refractivity contribution in [1.29, 1.82) is 5.26 Å². The van der Waals surface area contributed by atoms with Crippen molar-refractivity contribution in [3.8, 4) is 6.07 Å². The second kappa shape index (κ2) is 2.12. The first-order chi connectivity index (χ1) is 3.83. The maximum Gasteiger partial charge on any atom is 0.113 e. The molecule has 1 fully saturated rings. The lowest BCUT2D eigenvalue weighted by atomic mass is 10.3. The van der Waals surface area contributed by atoms with Gasteiger partial charge in [-0.05, 0) is 0 Å². The molecule has 0 aromatic carbocycles. The number of nitrogens with zero attached hydrogens (tertiary/aromatic N) is 2. The Kier molecular flexibility index (Phi) is 1.47. The minimum atomic E-state index is -0.0694. The lowest BCUT2D eigenvalue weighted by Crippen LogP contribution is -2.31. The van der Waals surface area contributed by atoms with Crippen LogP contribution in [0.3, 0.4) is 0 Å². The molecule has 1 unspecified atom stereocenters. The number of rotatable bonds is 0. The van der Waals surface area contributed by atoms with Crippen molar-refractivity contribution in [3.63, 3.8) is 0 Å². The van der Waals surface area contributed by atoms with Gasteiger partial charge in [0.15, 0.2) is 0 Å². The van der Waals surface area contributed by atoms with Crippen LogP contribution < -0.4 is 5.43 Å². The minimum Gasteiger partial charge on any atom is -0.246 e. The topological polar surface area (TPSA) is 39.1 Å². The molecular weight excluding hydrogens is 102 g/mol. The van der Waals surface area contributed by atoms with Crippen molar-refractivity contribution in [2.75, 3.05) is 13.6 Å². The average Bonchev–Trinajstić information content (AvgIpc) is 2.14. The van der Waals surface area contributed by atoms with E-state index in [4.69, 9.17) is 5.26 Å². The van der Waals surface area contributed by atoms with E-state index in [0.717, 1.165) is 6.54 Å². The highest BCUT2D eigenvalue weighted by molar-refractivity contribution is 5.03. The number of hydrazine groups is 1. The van der Waals surface area contributed by atoms with Gasteiger partial charge < -0.3 is 0 Å². The number of nitrogens with one attached hydrogen (secondary N) is 1. The number of hydrogen-bond donors (Lipinski definition) is 1. The normalized spacial score (nSPS) is 30.2. The van der Waals surface area contributed by atoms with E-state index in [1.165, 1.54) is 0 Å². The second-order valence-corrected chi connectivity index (χ2v) is 1.85. The molecular formula is C5H8N3. The zero-order chi connectivity index (χ0) is 5.98. The van der Waals surface area contributed by atoms with Gasteiger partial charge in [-0.2, -0.15) is 5.26 Å². The van der Waals surface area contributed by atoms with E-state index in [0.29, 0.717) is 0 Å². The van der Waals surface area contributed by atoms with Crippen molar-refractivity contribution in [2.45, 2.75) is 6.04 Å². The smallest absolute Gasteiger partial charge is 0.113 e. The average molecular weight is 110 g/mol. The minimum absolute atomic E-state index is 0.0694. The lowest BCUT2D eigenvalue weighted by molar-refractivity contribution is 0.305. The molecule has 0 saturated carbocycles. The van der Waals surface area contributed by atoms with Crippen LogP contribution in [0.2, 0.25) is 0 Å². The van der Waals surface area contributed by atoms with Gasteiger partial charge in [-0.1, -0.05) is 0 Å². The van der Waals surface area contributed by atoms with Gasteiger partial charge in [-0.25, -0.2) is 10.4 Å². The summed E-state index contributed by atoms with van der Waals surface area (Å²) >= 11 is 0. The number of hydrogen-bond acceptors (Lipinski definition) is 3. The molecule has 1 aliphatic heterocycles. The maximum atomic E-state index is 8.31. The van der Waals surface area contributed by atoms with Crippen molar-refractivity contribution < 1.29 is 0 Å². The third kappa shape index (κ3) is 0.971. The summed E-state index contributed by atoms with van der Waals surface area (Å²) in [6.07, 6.45) is 1.93. The van der Waals surface area contributed by atoms with Gasteiger partial charge in [0.2, 0.25) is 0 Å². The summed E-state index contributed by atoms with van der Waals surface area (Å²) in [5.41, 5.74) is 2.92. The molecule has 1 radical (unpaired) electrons. The Morgan fingerprint density at radius 2 is 2.75 bits per heavy atom. The standard InChI is InChI=1S/C5H8N3/c1-8-3-2-5(4-6)7-8/h2,5,7H,3H2,1H3.